The summed E-state index contributed by atoms with van der Waals surface area (Å²) in [7, 11) is -3.87. The van der Waals surface area contributed by atoms with Crippen LogP contribution >= 0.6 is 11.8 Å². The van der Waals surface area contributed by atoms with Crippen LogP contribution in [0, 0.1) is 11.8 Å². The number of hydrogen-bond donors (Lipinski definition) is 4. The van der Waals surface area contributed by atoms with Gasteiger partial charge in [-0.2, -0.15) is 8.42 Å². The number of β-lactam (4-membered cyclic amide) rings is 1. The molecule has 5 N–H and O–H groups in total. The molecule has 1 aromatic heterocycles. The third-order valence-corrected chi connectivity index (χ3v) is 8.69. The SMILES string of the molecule is C[C@@H](O)[C@H]1C(=O)N2C(C(=O)O)=C(S[C@H]3C[C@@H](CNS(N)(=O)=O)N(Cc4ccncn4)C3)[C@H](C)[C@H]12. The average molecular weight is 513 g/mol. The number of aliphatic carboxylic acids is 1. The highest BCUT2D eigenvalue weighted by Crippen LogP contribution is 2.52. The zero-order valence-corrected chi connectivity index (χ0v) is 20.4. The van der Waals surface area contributed by atoms with Crippen LogP contribution in [-0.4, -0.2) is 86.8 Å². The number of carbonyl (C=O) groups excluding carboxylic acids is 1. The van der Waals surface area contributed by atoms with Crippen molar-refractivity contribution < 1.29 is 28.2 Å². The second-order valence-electron chi connectivity index (χ2n) is 8.92. The Kier molecular flexibility index (Phi) is 6.99. The van der Waals surface area contributed by atoms with Crippen LogP contribution in [0.1, 0.15) is 26.0 Å². The summed E-state index contributed by atoms with van der Waals surface area (Å²) in [5.74, 6) is -2.39. The molecule has 14 heteroatoms. The average Bonchev–Trinajstić information content (AvgIpc) is 3.23. The van der Waals surface area contributed by atoms with Gasteiger partial charge < -0.3 is 15.1 Å². The predicted molar refractivity (Wildman–Crippen MR) is 123 cm³/mol. The van der Waals surface area contributed by atoms with Crippen molar-refractivity contribution in [3.05, 3.63) is 34.9 Å². The van der Waals surface area contributed by atoms with Crippen molar-refractivity contribution in [2.75, 3.05) is 13.1 Å². The molecule has 12 nitrogen and oxygen atoms in total. The van der Waals surface area contributed by atoms with Crippen LogP contribution in [0.5, 0.6) is 0 Å². The number of aliphatic hydroxyl groups is 1. The van der Waals surface area contributed by atoms with E-state index >= 15 is 0 Å². The number of fused-ring (bicyclic) bond motifs is 1. The minimum absolute atomic E-state index is 0.0159. The number of amides is 1. The maximum atomic E-state index is 12.6. The number of carboxylic acid groups (broad SMARTS) is 1. The standard InChI is InChI=1S/C20H28N6O6S2/c1-10-16-15(11(2)27)19(28)26(16)17(20(29)30)18(10)33-14-5-13(6-24-34(21,31)32)25(8-14)7-12-3-4-22-9-23-12/h3-4,9-11,13-16,24,27H,5-8H2,1-2H3,(H,29,30)(H2,21,31,32)/t10-,11-,13+,14+,15-,16-/m1/s1. The van der Waals surface area contributed by atoms with Gasteiger partial charge in [0.05, 0.1) is 23.8 Å². The lowest BCUT2D eigenvalue weighted by Crippen LogP contribution is -2.63. The van der Waals surface area contributed by atoms with Crippen LogP contribution < -0.4 is 9.86 Å². The first kappa shape index (κ1) is 25.0. The molecule has 0 spiro atoms. The number of hydrogen-bond acceptors (Lipinski definition) is 9. The van der Waals surface area contributed by atoms with Crippen LogP contribution in [-0.2, 0) is 26.3 Å². The molecular formula is C20H28N6O6S2. The molecule has 0 aromatic carbocycles. The van der Waals surface area contributed by atoms with E-state index in [0.29, 0.717) is 24.4 Å². The Labute approximate surface area is 201 Å². The normalized spacial score (nSPS) is 30.4. The van der Waals surface area contributed by atoms with Gasteiger partial charge in [-0.05, 0) is 19.4 Å². The number of carbonyl (C=O) groups is 2. The number of aromatic nitrogens is 2. The van der Waals surface area contributed by atoms with E-state index < -0.39 is 28.2 Å². The van der Waals surface area contributed by atoms with Gasteiger partial charge in [0.25, 0.3) is 10.2 Å². The fourth-order valence-electron chi connectivity index (χ4n) is 5.12. The Morgan fingerprint density at radius 3 is 2.76 bits per heavy atom. The predicted octanol–water partition coefficient (Wildman–Crippen LogP) is -0.900. The second kappa shape index (κ2) is 9.51. The minimum Gasteiger partial charge on any atom is -0.477 e. The first-order valence-corrected chi connectivity index (χ1v) is 13.3. The molecule has 0 saturated carbocycles. The smallest absolute Gasteiger partial charge is 0.353 e. The third kappa shape index (κ3) is 4.83. The van der Waals surface area contributed by atoms with Gasteiger partial charge in [0.1, 0.15) is 12.0 Å². The summed E-state index contributed by atoms with van der Waals surface area (Å²) in [4.78, 5) is 36.8. The van der Waals surface area contributed by atoms with E-state index in [-0.39, 0.29) is 41.4 Å². The Morgan fingerprint density at radius 1 is 1.44 bits per heavy atom. The number of aliphatic hydroxyl groups excluding tert-OH is 1. The molecule has 1 aromatic rings. The molecule has 0 radical (unpaired) electrons. The number of nitrogens with zero attached hydrogens (tertiary/aromatic N) is 4. The Hall–Kier alpha value is -2.10. The van der Waals surface area contributed by atoms with Gasteiger partial charge in [-0.15, -0.1) is 11.8 Å². The van der Waals surface area contributed by atoms with Crippen LogP contribution in [0.3, 0.4) is 0 Å². The number of likely N-dealkylation sites (tertiary alicyclic amines) is 1. The Bertz CT molecular complexity index is 1100. The van der Waals surface area contributed by atoms with E-state index in [0.717, 1.165) is 5.69 Å². The van der Waals surface area contributed by atoms with Crippen molar-refractivity contribution in [2.24, 2.45) is 17.0 Å². The van der Waals surface area contributed by atoms with E-state index in [2.05, 4.69) is 19.6 Å². The summed E-state index contributed by atoms with van der Waals surface area (Å²) in [6.07, 6.45) is 2.80. The van der Waals surface area contributed by atoms with Gasteiger partial charge in [-0.1, -0.05) is 6.92 Å². The number of carboxylic acids is 1. The molecule has 4 heterocycles. The number of thioether (sulfide) groups is 1. The highest BCUT2D eigenvalue weighted by atomic mass is 32.2. The van der Waals surface area contributed by atoms with Gasteiger partial charge >= 0.3 is 5.97 Å². The van der Waals surface area contributed by atoms with E-state index in [4.69, 9.17) is 5.14 Å². The summed E-state index contributed by atoms with van der Waals surface area (Å²) in [5.41, 5.74) is 0.758. The first-order valence-electron chi connectivity index (χ1n) is 10.9. The molecular weight excluding hydrogens is 484 g/mol. The Balaban J connectivity index is 1.54. The molecule has 3 aliphatic rings. The van der Waals surface area contributed by atoms with E-state index in [1.807, 2.05) is 6.92 Å². The van der Waals surface area contributed by atoms with Crippen LogP contribution in [0.2, 0.25) is 0 Å². The van der Waals surface area contributed by atoms with Crippen molar-refractivity contribution in [3.63, 3.8) is 0 Å². The summed E-state index contributed by atoms with van der Waals surface area (Å²) in [5, 5.41) is 25.0. The summed E-state index contributed by atoms with van der Waals surface area (Å²) in [6.45, 7) is 4.56. The summed E-state index contributed by atoms with van der Waals surface area (Å²) < 4.78 is 25.3. The minimum atomic E-state index is -3.87. The van der Waals surface area contributed by atoms with E-state index in [1.54, 1.807) is 19.2 Å². The maximum Gasteiger partial charge on any atom is 0.353 e. The van der Waals surface area contributed by atoms with Crippen LogP contribution in [0.4, 0.5) is 0 Å². The van der Waals surface area contributed by atoms with Crippen molar-refractivity contribution >= 4 is 33.8 Å². The fraction of sp³-hybridized carbons (Fsp3) is 0.600. The second-order valence-corrected chi connectivity index (χ2v) is 11.6. The molecule has 4 rings (SSSR count). The van der Waals surface area contributed by atoms with Crippen molar-refractivity contribution in [1.29, 1.82) is 0 Å². The van der Waals surface area contributed by atoms with Crippen LogP contribution in [0.25, 0.3) is 0 Å². The number of rotatable bonds is 9. The van der Waals surface area contributed by atoms with Gasteiger partial charge in [-0.25, -0.2) is 24.6 Å². The quantitative estimate of drug-likeness (QED) is 0.303. The summed E-state index contributed by atoms with van der Waals surface area (Å²) >= 11 is 1.41. The van der Waals surface area contributed by atoms with Crippen molar-refractivity contribution in [2.45, 2.75) is 50.3 Å². The highest BCUT2D eigenvalue weighted by molar-refractivity contribution is 8.03. The molecule has 2 saturated heterocycles. The maximum absolute atomic E-state index is 12.6. The van der Waals surface area contributed by atoms with Crippen LogP contribution in [0.15, 0.2) is 29.2 Å². The molecule has 34 heavy (non-hydrogen) atoms. The zero-order valence-electron chi connectivity index (χ0n) is 18.7. The molecule has 2 fully saturated rings. The van der Waals surface area contributed by atoms with Gasteiger partial charge in [0.15, 0.2) is 0 Å². The molecule has 3 aliphatic heterocycles. The molecule has 0 bridgehead atoms. The zero-order chi connectivity index (χ0) is 24.8. The lowest BCUT2D eigenvalue weighted by Gasteiger charge is -2.46. The topological polar surface area (TPSA) is 179 Å². The lowest BCUT2D eigenvalue weighted by molar-refractivity contribution is -0.163. The van der Waals surface area contributed by atoms with Gasteiger partial charge in [0.2, 0.25) is 5.91 Å². The van der Waals surface area contributed by atoms with Crippen molar-refractivity contribution in [1.82, 2.24) is 24.5 Å². The molecule has 1 amide bonds. The molecule has 6 atom stereocenters. The molecule has 0 aliphatic carbocycles. The van der Waals surface area contributed by atoms with E-state index in [9.17, 15) is 28.2 Å². The first-order chi connectivity index (χ1) is 16.0. The van der Waals surface area contributed by atoms with Gasteiger partial charge in [-0.3, -0.25) is 9.69 Å². The van der Waals surface area contributed by atoms with Crippen molar-refractivity contribution in [3.8, 4) is 0 Å². The number of nitrogens with one attached hydrogen (secondary N) is 1. The molecule has 186 valence electrons. The largest absolute Gasteiger partial charge is 0.477 e. The van der Waals surface area contributed by atoms with E-state index in [1.165, 1.54) is 23.0 Å². The highest BCUT2D eigenvalue weighted by Gasteiger charge is 2.60. The monoisotopic (exact) mass is 512 g/mol. The fourth-order valence-corrected chi connectivity index (χ4v) is 7.14. The lowest BCUT2D eigenvalue weighted by atomic mass is 9.79. The Morgan fingerprint density at radius 2 is 2.18 bits per heavy atom. The molecule has 0 unspecified atom stereocenters. The number of nitrogens with two attached hydrogens (primary N) is 1. The van der Waals surface area contributed by atoms with Gasteiger partial charge in [0, 0.05) is 47.9 Å². The summed E-state index contributed by atoms with van der Waals surface area (Å²) in [6, 6.07) is 1.22. The third-order valence-electron chi connectivity index (χ3n) is 6.62.